The van der Waals surface area contributed by atoms with Gasteiger partial charge in [-0.05, 0) is 24.3 Å². The molecule has 1 heterocycles. The number of sulfonamides is 1. The van der Waals surface area contributed by atoms with Gasteiger partial charge in [0, 0.05) is 44.0 Å². The minimum atomic E-state index is -4.76. The SMILES string of the molecule is COc1cccc(N2CCN(S(=O)(=O)c3cc(OCC(F)(F)F)ccc3OCC(F)(F)F)CC2)c1. The van der Waals surface area contributed by atoms with E-state index in [-0.39, 0.29) is 26.2 Å². The highest BCUT2D eigenvalue weighted by molar-refractivity contribution is 7.89. The van der Waals surface area contributed by atoms with Crippen molar-refractivity contribution in [3.8, 4) is 17.2 Å². The summed E-state index contributed by atoms with van der Waals surface area (Å²) in [6.45, 7) is -3.00. The van der Waals surface area contributed by atoms with Crippen molar-refractivity contribution >= 4 is 15.7 Å². The molecule has 0 bridgehead atoms. The van der Waals surface area contributed by atoms with Crippen LogP contribution in [0.25, 0.3) is 0 Å². The summed E-state index contributed by atoms with van der Waals surface area (Å²) in [5.74, 6) is -0.508. The number of rotatable bonds is 8. The lowest BCUT2D eigenvalue weighted by Gasteiger charge is -2.35. The van der Waals surface area contributed by atoms with Gasteiger partial charge in [-0.1, -0.05) is 6.07 Å². The van der Waals surface area contributed by atoms with Gasteiger partial charge in [-0.15, -0.1) is 0 Å². The maximum Gasteiger partial charge on any atom is 0.422 e. The van der Waals surface area contributed by atoms with E-state index in [0.29, 0.717) is 5.75 Å². The Morgan fingerprint density at radius 3 is 2.06 bits per heavy atom. The van der Waals surface area contributed by atoms with E-state index in [9.17, 15) is 34.8 Å². The molecule has 1 aliphatic rings. The Kier molecular flexibility index (Phi) is 7.94. The van der Waals surface area contributed by atoms with Crippen LogP contribution in [-0.4, -0.2) is 71.6 Å². The Morgan fingerprint density at radius 2 is 1.46 bits per heavy atom. The predicted molar refractivity (Wildman–Crippen MR) is 114 cm³/mol. The number of benzene rings is 2. The average Bonchev–Trinajstić information content (AvgIpc) is 2.80. The molecule has 2 aromatic rings. The molecule has 0 radical (unpaired) electrons. The van der Waals surface area contributed by atoms with Crippen LogP contribution in [0.3, 0.4) is 0 Å². The second-order valence-electron chi connectivity index (χ2n) is 7.51. The lowest BCUT2D eigenvalue weighted by molar-refractivity contribution is -0.154. The summed E-state index contributed by atoms with van der Waals surface area (Å²) in [6, 6.07) is 9.61. The molecule has 194 valence electrons. The first-order valence-corrected chi connectivity index (χ1v) is 11.6. The number of methoxy groups -OCH3 is 1. The molecule has 0 saturated carbocycles. The molecule has 0 amide bonds. The van der Waals surface area contributed by atoms with Gasteiger partial charge < -0.3 is 19.1 Å². The molecule has 1 saturated heterocycles. The fourth-order valence-corrected chi connectivity index (χ4v) is 4.93. The quantitative estimate of drug-likeness (QED) is 0.481. The van der Waals surface area contributed by atoms with Gasteiger partial charge in [-0.2, -0.15) is 30.6 Å². The molecule has 1 fully saturated rings. The molecule has 0 unspecified atom stereocenters. The summed E-state index contributed by atoms with van der Waals surface area (Å²) in [7, 11) is -2.92. The van der Waals surface area contributed by atoms with Crippen LogP contribution in [0, 0.1) is 0 Å². The first kappa shape index (κ1) is 26.7. The Bertz CT molecular complexity index is 1120. The maximum atomic E-state index is 13.3. The van der Waals surface area contributed by atoms with Gasteiger partial charge in [0.25, 0.3) is 0 Å². The lowest BCUT2D eigenvalue weighted by atomic mass is 10.2. The van der Waals surface area contributed by atoms with Crippen molar-refractivity contribution in [2.75, 3.05) is 51.4 Å². The van der Waals surface area contributed by atoms with Crippen molar-refractivity contribution in [2.45, 2.75) is 17.2 Å². The number of hydrogen-bond donors (Lipinski definition) is 0. The standard InChI is InChI=1S/C21H22F6N2O5S/c1-32-16-4-2-3-15(11-16)28-7-9-29(10-8-28)35(30,31)19-12-17(33-13-20(22,23)24)5-6-18(19)34-14-21(25,26)27/h2-6,11-12H,7-10,13-14H2,1H3. The van der Waals surface area contributed by atoms with Crippen LogP contribution < -0.4 is 19.1 Å². The number of alkyl halides is 6. The van der Waals surface area contributed by atoms with Crippen LogP contribution in [0.4, 0.5) is 32.0 Å². The van der Waals surface area contributed by atoms with Gasteiger partial charge in [0.15, 0.2) is 13.2 Å². The molecular formula is C21H22F6N2O5S. The van der Waals surface area contributed by atoms with E-state index >= 15 is 0 Å². The average molecular weight is 528 g/mol. The zero-order chi connectivity index (χ0) is 25.9. The van der Waals surface area contributed by atoms with Crippen LogP contribution in [0.15, 0.2) is 47.4 Å². The number of halogens is 6. The van der Waals surface area contributed by atoms with E-state index in [4.69, 9.17) is 4.74 Å². The van der Waals surface area contributed by atoms with Crippen LogP contribution in [0.2, 0.25) is 0 Å². The maximum absolute atomic E-state index is 13.3. The number of hydrogen-bond acceptors (Lipinski definition) is 6. The summed E-state index contributed by atoms with van der Waals surface area (Å²) in [6.07, 6.45) is -9.45. The second kappa shape index (κ2) is 10.4. The van der Waals surface area contributed by atoms with E-state index in [2.05, 4.69) is 9.47 Å². The van der Waals surface area contributed by atoms with Crippen LogP contribution in [0.1, 0.15) is 0 Å². The van der Waals surface area contributed by atoms with Crippen molar-refractivity contribution < 1.29 is 49.0 Å². The summed E-state index contributed by atoms with van der Waals surface area (Å²) in [5, 5.41) is 0. The fraction of sp³-hybridized carbons (Fsp3) is 0.429. The van der Waals surface area contributed by atoms with Gasteiger partial charge in [-0.3, -0.25) is 0 Å². The number of anilines is 1. The second-order valence-corrected chi connectivity index (χ2v) is 9.42. The molecule has 0 aromatic heterocycles. The Balaban J connectivity index is 1.83. The third-order valence-electron chi connectivity index (χ3n) is 4.98. The third kappa shape index (κ3) is 7.31. The molecule has 2 aromatic carbocycles. The van der Waals surface area contributed by atoms with Crippen molar-refractivity contribution in [3.63, 3.8) is 0 Å². The molecule has 0 N–H and O–H groups in total. The van der Waals surface area contributed by atoms with Gasteiger partial charge in [0.2, 0.25) is 10.0 Å². The molecule has 0 atom stereocenters. The number of nitrogens with zero attached hydrogens (tertiary/aromatic N) is 2. The molecule has 1 aliphatic heterocycles. The van der Waals surface area contributed by atoms with Crippen molar-refractivity contribution in [1.82, 2.24) is 4.31 Å². The first-order valence-electron chi connectivity index (χ1n) is 10.2. The van der Waals surface area contributed by atoms with Crippen LogP contribution in [-0.2, 0) is 10.0 Å². The summed E-state index contributed by atoms with van der Waals surface area (Å²) < 4.78 is 118. The van der Waals surface area contributed by atoms with Crippen molar-refractivity contribution in [3.05, 3.63) is 42.5 Å². The van der Waals surface area contributed by atoms with Crippen LogP contribution in [0.5, 0.6) is 17.2 Å². The highest BCUT2D eigenvalue weighted by atomic mass is 32.2. The van der Waals surface area contributed by atoms with Gasteiger partial charge in [0.05, 0.1) is 7.11 Å². The topological polar surface area (TPSA) is 68.3 Å². The number of ether oxygens (including phenoxy) is 3. The number of piperazine rings is 1. The summed E-state index contributed by atoms with van der Waals surface area (Å²) >= 11 is 0. The summed E-state index contributed by atoms with van der Waals surface area (Å²) in [5.41, 5.74) is 0.790. The molecule has 0 aliphatic carbocycles. The highest BCUT2D eigenvalue weighted by Crippen LogP contribution is 2.34. The molecule has 14 heteroatoms. The normalized spacial score (nSPS) is 15.7. The Labute approximate surface area is 197 Å². The summed E-state index contributed by atoms with van der Waals surface area (Å²) in [4.78, 5) is 1.19. The smallest absolute Gasteiger partial charge is 0.422 e. The predicted octanol–water partition coefficient (Wildman–Crippen LogP) is 4.09. The van der Waals surface area contributed by atoms with Crippen molar-refractivity contribution in [1.29, 1.82) is 0 Å². The highest BCUT2D eigenvalue weighted by Gasteiger charge is 2.34. The Morgan fingerprint density at radius 1 is 0.829 bits per heavy atom. The largest absolute Gasteiger partial charge is 0.497 e. The van der Waals surface area contributed by atoms with E-state index in [1.54, 1.807) is 18.2 Å². The first-order chi connectivity index (χ1) is 16.3. The van der Waals surface area contributed by atoms with E-state index in [0.717, 1.165) is 28.2 Å². The molecular weight excluding hydrogens is 506 g/mol. The minimum absolute atomic E-state index is 0.0219. The van der Waals surface area contributed by atoms with Gasteiger partial charge in [0.1, 0.15) is 22.1 Å². The fourth-order valence-electron chi connectivity index (χ4n) is 3.36. The monoisotopic (exact) mass is 528 g/mol. The minimum Gasteiger partial charge on any atom is -0.497 e. The molecule has 7 nitrogen and oxygen atoms in total. The van der Waals surface area contributed by atoms with Gasteiger partial charge >= 0.3 is 12.4 Å². The molecule has 35 heavy (non-hydrogen) atoms. The van der Waals surface area contributed by atoms with E-state index in [1.807, 2.05) is 11.0 Å². The van der Waals surface area contributed by atoms with E-state index < -0.39 is 52.0 Å². The lowest BCUT2D eigenvalue weighted by Crippen LogP contribution is -2.48. The molecule has 0 spiro atoms. The zero-order valence-corrected chi connectivity index (χ0v) is 19.2. The van der Waals surface area contributed by atoms with Crippen LogP contribution >= 0.6 is 0 Å². The molecule has 3 rings (SSSR count). The Hall–Kier alpha value is -2.87. The zero-order valence-electron chi connectivity index (χ0n) is 18.4. The van der Waals surface area contributed by atoms with Gasteiger partial charge in [-0.25, -0.2) is 8.42 Å². The third-order valence-corrected chi connectivity index (χ3v) is 6.90. The van der Waals surface area contributed by atoms with E-state index in [1.165, 1.54) is 7.11 Å². The van der Waals surface area contributed by atoms with Crippen molar-refractivity contribution in [2.24, 2.45) is 0 Å².